The van der Waals surface area contributed by atoms with Gasteiger partial charge in [0.15, 0.2) is 0 Å². The molecule has 0 aliphatic carbocycles. The molecule has 0 aliphatic rings. The highest BCUT2D eigenvalue weighted by Gasteiger charge is 1.99. The molecular formula is C12H9NS. The second-order valence-electron chi connectivity index (χ2n) is 3.10. The van der Waals surface area contributed by atoms with Crippen molar-refractivity contribution >= 4 is 11.3 Å². The molecule has 0 bridgehead atoms. The summed E-state index contributed by atoms with van der Waals surface area (Å²) in [4.78, 5) is 2.57. The van der Waals surface area contributed by atoms with Crippen LogP contribution in [0.2, 0.25) is 0 Å². The van der Waals surface area contributed by atoms with E-state index in [-0.39, 0.29) is 0 Å². The maximum absolute atomic E-state index is 8.66. The first-order valence-electron chi connectivity index (χ1n) is 4.36. The number of benzene rings is 1. The van der Waals surface area contributed by atoms with E-state index in [0.29, 0.717) is 5.56 Å². The number of thiophene rings is 1. The molecule has 1 heterocycles. The molecule has 0 saturated heterocycles. The number of aryl methyl sites for hydroxylation is 1. The Hall–Kier alpha value is -1.59. The van der Waals surface area contributed by atoms with Gasteiger partial charge in [-0.25, -0.2) is 0 Å². The van der Waals surface area contributed by atoms with Crippen molar-refractivity contribution in [2.24, 2.45) is 0 Å². The van der Waals surface area contributed by atoms with Crippen LogP contribution in [-0.4, -0.2) is 0 Å². The fourth-order valence-electron chi connectivity index (χ4n) is 1.30. The summed E-state index contributed by atoms with van der Waals surface area (Å²) < 4.78 is 0. The highest BCUT2D eigenvalue weighted by Crippen LogP contribution is 2.27. The maximum Gasteiger partial charge on any atom is 0.0991 e. The van der Waals surface area contributed by atoms with Crippen LogP contribution in [0.3, 0.4) is 0 Å². The Labute approximate surface area is 87.3 Å². The summed E-state index contributed by atoms with van der Waals surface area (Å²) >= 11 is 1.77. The van der Waals surface area contributed by atoms with Gasteiger partial charge >= 0.3 is 0 Å². The Kier molecular flexibility index (Phi) is 2.34. The lowest BCUT2D eigenvalue weighted by Gasteiger charge is -1.95. The fraction of sp³-hybridized carbons (Fsp3) is 0.0833. The predicted molar refractivity (Wildman–Crippen MR) is 59.2 cm³/mol. The molecule has 0 spiro atoms. The lowest BCUT2D eigenvalue weighted by Crippen LogP contribution is -1.74. The van der Waals surface area contributed by atoms with Crippen molar-refractivity contribution in [2.45, 2.75) is 6.92 Å². The number of hydrogen-bond acceptors (Lipinski definition) is 2. The second kappa shape index (κ2) is 3.65. The lowest BCUT2D eigenvalue weighted by molar-refractivity contribution is 1.49. The van der Waals surface area contributed by atoms with E-state index in [4.69, 9.17) is 5.26 Å². The molecule has 2 heteroatoms. The van der Waals surface area contributed by atoms with E-state index in [0.717, 1.165) is 0 Å². The molecule has 0 saturated carbocycles. The van der Waals surface area contributed by atoms with Crippen LogP contribution >= 0.6 is 11.3 Å². The Morgan fingerprint density at radius 3 is 2.29 bits per heavy atom. The van der Waals surface area contributed by atoms with Gasteiger partial charge in [-0.05, 0) is 36.8 Å². The SMILES string of the molecule is Cc1ccc(-c2ccc(C#N)cc2)s1. The molecule has 1 aromatic heterocycles. The van der Waals surface area contributed by atoms with Gasteiger partial charge in [-0.2, -0.15) is 5.26 Å². The largest absolute Gasteiger partial charge is 0.192 e. The summed E-state index contributed by atoms with van der Waals surface area (Å²) in [5.41, 5.74) is 1.89. The van der Waals surface area contributed by atoms with E-state index in [1.165, 1.54) is 15.3 Å². The molecule has 0 atom stereocenters. The third-order valence-electron chi connectivity index (χ3n) is 2.04. The van der Waals surface area contributed by atoms with E-state index in [1.807, 2.05) is 24.3 Å². The normalized spacial score (nSPS) is 9.71. The molecule has 1 nitrogen and oxygen atoms in total. The number of nitrogens with zero attached hydrogens (tertiary/aromatic N) is 1. The van der Waals surface area contributed by atoms with E-state index in [2.05, 4.69) is 25.1 Å². The lowest BCUT2D eigenvalue weighted by atomic mass is 10.1. The highest BCUT2D eigenvalue weighted by atomic mass is 32.1. The predicted octanol–water partition coefficient (Wildman–Crippen LogP) is 3.60. The minimum atomic E-state index is 0.710. The monoisotopic (exact) mass is 199 g/mol. The van der Waals surface area contributed by atoms with Crippen LogP contribution in [0.4, 0.5) is 0 Å². The molecule has 0 fully saturated rings. The van der Waals surface area contributed by atoms with Crippen LogP contribution in [0.25, 0.3) is 10.4 Å². The number of nitriles is 1. The van der Waals surface area contributed by atoms with E-state index >= 15 is 0 Å². The van der Waals surface area contributed by atoms with Gasteiger partial charge in [-0.15, -0.1) is 11.3 Å². The van der Waals surface area contributed by atoms with Crippen molar-refractivity contribution in [3.8, 4) is 16.5 Å². The zero-order valence-electron chi connectivity index (χ0n) is 7.82. The smallest absolute Gasteiger partial charge is 0.0991 e. The zero-order chi connectivity index (χ0) is 9.97. The summed E-state index contributed by atoms with van der Waals surface area (Å²) in [7, 11) is 0. The van der Waals surface area contributed by atoms with Gasteiger partial charge in [0, 0.05) is 9.75 Å². The van der Waals surface area contributed by atoms with Crippen molar-refractivity contribution in [2.75, 3.05) is 0 Å². The molecule has 0 amide bonds. The molecule has 1 aromatic carbocycles. The molecule has 0 aliphatic heterocycles. The average Bonchev–Trinajstić information content (AvgIpc) is 2.65. The van der Waals surface area contributed by atoms with Crippen LogP contribution < -0.4 is 0 Å². The van der Waals surface area contributed by atoms with Gasteiger partial charge in [0.2, 0.25) is 0 Å². The number of rotatable bonds is 1. The van der Waals surface area contributed by atoms with Gasteiger partial charge in [-0.3, -0.25) is 0 Å². The summed E-state index contributed by atoms with van der Waals surface area (Å²) in [5, 5.41) is 8.66. The average molecular weight is 199 g/mol. The first-order chi connectivity index (χ1) is 6.79. The van der Waals surface area contributed by atoms with E-state index in [1.54, 1.807) is 11.3 Å². The van der Waals surface area contributed by atoms with Crippen LogP contribution in [0.1, 0.15) is 10.4 Å². The van der Waals surface area contributed by atoms with Crippen molar-refractivity contribution in [3.63, 3.8) is 0 Å². The Balaban J connectivity index is 2.39. The standard InChI is InChI=1S/C12H9NS/c1-9-2-7-12(14-9)11-5-3-10(8-13)4-6-11/h2-7H,1H3. The fourth-order valence-corrected chi connectivity index (χ4v) is 2.17. The Bertz CT molecular complexity index is 474. The third-order valence-corrected chi connectivity index (χ3v) is 3.09. The first-order valence-corrected chi connectivity index (χ1v) is 5.18. The second-order valence-corrected chi connectivity index (χ2v) is 4.39. The molecular weight excluding hydrogens is 190 g/mol. The van der Waals surface area contributed by atoms with Crippen LogP contribution in [0.15, 0.2) is 36.4 Å². The summed E-state index contributed by atoms with van der Waals surface area (Å²) in [6.45, 7) is 2.10. The van der Waals surface area contributed by atoms with Crippen LogP contribution in [0, 0.1) is 18.3 Å². The van der Waals surface area contributed by atoms with Gasteiger partial charge in [0.05, 0.1) is 11.6 Å². The Morgan fingerprint density at radius 1 is 1.07 bits per heavy atom. The molecule has 0 N–H and O–H groups in total. The topological polar surface area (TPSA) is 23.8 Å². The quantitative estimate of drug-likeness (QED) is 0.688. The molecule has 2 aromatic rings. The Morgan fingerprint density at radius 2 is 1.79 bits per heavy atom. The van der Waals surface area contributed by atoms with Crippen molar-refractivity contribution < 1.29 is 0 Å². The molecule has 0 unspecified atom stereocenters. The first kappa shape index (κ1) is 8.98. The zero-order valence-corrected chi connectivity index (χ0v) is 8.64. The summed E-state index contributed by atoms with van der Waals surface area (Å²) in [5.74, 6) is 0. The van der Waals surface area contributed by atoms with Crippen molar-refractivity contribution in [1.82, 2.24) is 0 Å². The molecule has 14 heavy (non-hydrogen) atoms. The van der Waals surface area contributed by atoms with Crippen LogP contribution in [-0.2, 0) is 0 Å². The van der Waals surface area contributed by atoms with E-state index < -0.39 is 0 Å². The molecule has 68 valence electrons. The van der Waals surface area contributed by atoms with E-state index in [9.17, 15) is 0 Å². The van der Waals surface area contributed by atoms with Gasteiger partial charge in [0.1, 0.15) is 0 Å². The number of hydrogen-bond donors (Lipinski definition) is 0. The van der Waals surface area contributed by atoms with Crippen molar-refractivity contribution in [1.29, 1.82) is 5.26 Å². The summed E-state index contributed by atoms with van der Waals surface area (Å²) in [6.07, 6.45) is 0. The molecule has 2 rings (SSSR count). The van der Waals surface area contributed by atoms with Gasteiger partial charge in [0.25, 0.3) is 0 Å². The minimum Gasteiger partial charge on any atom is -0.192 e. The van der Waals surface area contributed by atoms with Gasteiger partial charge < -0.3 is 0 Å². The minimum absolute atomic E-state index is 0.710. The van der Waals surface area contributed by atoms with Crippen LogP contribution in [0.5, 0.6) is 0 Å². The maximum atomic E-state index is 8.66. The van der Waals surface area contributed by atoms with Gasteiger partial charge in [-0.1, -0.05) is 12.1 Å². The highest BCUT2D eigenvalue weighted by molar-refractivity contribution is 7.15. The summed E-state index contributed by atoms with van der Waals surface area (Å²) in [6, 6.07) is 14.0. The molecule has 0 radical (unpaired) electrons. The van der Waals surface area contributed by atoms with Crippen molar-refractivity contribution in [3.05, 3.63) is 46.8 Å². The third kappa shape index (κ3) is 1.68.